The highest BCUT2D eigenvalue weighted by atomic mass is 19.1. The summed E-state index contributed by atoms with van der Waals surface area (Å²) in [5.41, 5.74) is 3.94. The standard InChI is InChI=1S/C23H20FN3/c1-25-23-26-17(12-11-16-7-3-2-4-8-16)15-22(27-23)20-13-14-21(24)19-10-6-5-9-18(19)20/h2-10,13-15H,11-12H2,1H3,(H,25,26,27). The van der Waals surface area contributed by atoms with E-state index in [1.807, 2.05) is 49.5 Å². The first-order valence-corrected chi connectivity index (χ1v) is 9.02. The van der Waals surface area contributed by atoms with Gasteiger partial charge in [-0.1, -0.05) is 54.6 Å². The molecule has 0 atom stereocenters. The quantitative estimate of drug-likeness (QED) is 0.529. The predicted octanol–water partition coefficient (Wildman–Crippen LogP) is 5.26. The van der Waals surface area contributed by atoms with Crippen molar-refractivity contribution < 1.29 is 4.39 Å². The maximum atomic E-state index is 14.2. The third kappa shape index (κ3) is 3.65. The van der Waals surface area contributed by atoms with E-state index in [0.717, 1.165) is 35.2 Å². The number of aromatic nitrogens is 2. The number of benzene rings is 3. The van der Waals surface area contributed by atoms with Crippen molar-refractivity contribution in [3.05, 3.63) is 89.9 Å². The van der Waals surface area contributed by atoms with Crippen LogP contribution in [0.25, 0.3) is 22.0 Å². The summed E-state index contributed by atoms with van der Waals surface area (Å²) in [5, 5.41) is 4.50. The second-order valence-electron chi connectivity index (χ2n) is 6.44. The van der Waals surface area contributed by atoms with Crippen molar-refractivity contribution in [3.8, 4) is 11.3 Å². The monoisotopic (exact) mass is 357 g/mol. The zero-order valence-electron chi connectivity index (χ0n) is 15.1. The highest BCUT2D eigenvalue weighted by Crippen LogP contribution is 2.30. The van der Waals surface area contributed by atoms with Crippen LogP contribution in [0.3, 0.4) is 0 Å². The Bertz CT molecular complexity index is 1080. The second-order valence-corrected chi connectivity index (χ2v) is 6.44. The minimum absolute atomic E-state index is 0.221. The Hall–Kier alpha value is -3.27. The van der Waals surface area contributed by atoms with Crippen molar-refractivity contribution in [1.29, 1.82) is 0 Å². The van der Waals surface area contributed by atoms with E-state index in [0.29, 0.717) is 11.3 Å². The lowest BCUT2D eigenvalue weighted by atomic mass is 10.0. The fourth-order valence-electron chi connectivity index (χ4n) is 3.28. The van der Waals surface area contributed by atoms with Gasteiger partial charge in [-0.2, -0.15) is 0 Å². The van der Waals surface area contributed by atoms with Crippen molar-refractivity contribution in [1.82, 2.24) is 9.97 Å². The molecule has 4 rings (SSSR count). The second kappa shape index (κ2) is 7.54. The summed E-state index contributed by atoms with van der Waals surface area (Å²) in [6, 6.07) is 23.1. The van der Waals surface area contributed by atoms with Crippen LogP contribution in [0.4, 0.5) is 10.3 Å². The van der Waals surface area contributed by atoms with Crippen LogP contribution in [0.15, 0.2) is 72.8 Å². The van der Waals surface area contributed by atoms with E-state index in [9.17, 15) is 4.39 Å². The van der Waals surface area contributed by atoms with Crippen molar-refractivity contribution in [2.45, 2.75) is 12.8 Å². The van der Waals surface area contributed by atoms with Gasteiger partial charge in [0.25, 0.3) is 0 Å². The highest BCUT2D eigenvalue weighted by Gasteiger charge is 2.11. The Balaban J connectivity index is 1.74. The van der Waals surface area contributed by atoms with Crippen LogP contribution < -0.4 is 5.32 Å². The molecule has 3 aromatic carbocycles. The molecule has 27 heavy (non-hydrogen) atoms. The van der Waals surface area contributed by atoms with Gasteiger partial charge in [0, 0.05) is 23.7 Å². The number of rotatable bonds is 5. The molecule has 0 aliphatic rings. The SMILES string of the molecule is CNc1nc(CCc2ccccc2)cc(-c2ccc(F)c3ccccc23)n1. The minimum Gasteiger partial charge on any atom is -0.357 e. The van der Waals surface area contributed by atoms with Gasteiger partial charge in [0.15, 0.2) is 0 Å². The molecule has 4 heteroatoms. The highest BCUT2D eigenvalue weighted by molar-refractivity contribution is 5.96. The lowest BCUT2D eigenvalue weighted by Crippen LogP contribution is -2.03. The number of hydrogen-bond acceptors (Lipinski definition) is 3. The summed E-state index contributed by atoms with van der Waals surface area (Å²) in [7, 11) is 1.81. The van der Waals surface area contributed by atoms with E-state index < -0.39 is 0 Å². The van der Waals surface area contributed by atoms with Gasteiger partial charge in [0.1, 0.15) is 5.82 Å². The normalized spacial score (nSPS) is 10.9. The molecule has 0 amide bonds. The molecule has 1 aromatic heterocycles. The van der Waals surface area contributed by atoms with Crippen molar-refractivity contribution in [2.75, 3.05) is 12.4 Å². The molecular formula is C23H20FN3. The fraction of sp³-hybridized carbons (Fsp3) is 0.130. The van der Waals surface area contributed by atoms with Gasteiger partial charge in [0.05, 0.1) is 5.69 Å². The molecule has 0 saturated carbocycles. The van der Waals surface area contributed by atoms with Gasteiger partial charge in [-0.3, -0.25) is 0 Å². The molecule has 0 bridgehead atoms. The first-order chi connectivity index (χ1) is 13.2. The lowest BCUT2D eigenvalue weighted by molar-refractivity contribution is 0.640. The third-order valence-electron chi connectivity index (χ3n) is 4.66. The van der Waals surface area contributed by atoms with Gasteiger partial charge in [-0.15, -0.1) is 0 Å². The number of nitrogens with one attached hydrogen (secondary N) is 1. The summed E-state index contributed by atoms with van der Waals surface area (Å²) in [6.07, 6.45) is 1.72. The molecule has 0 aliphatic carbocycles. The van der Waals surface area contributed by atoms with E-state index in [2.05, 4.69) is 27.4 Å². The van der Waals surface area contributed by atoms with E-state index in [4.69, 9.17) is 0 Å². The molecular weight excluding hydrogens is 337 g/mol. The van der Waals surface area contributed by atoms with Crippen LogP contribution in [-0.2, 0) is 12.8 Å². The van der Waals surface area contributed by atoms with Crippen LogP contribution in [0, 0.1) is 5.82 Å². The number of anilines is 1. The molecule has 0 unspecified atom stereocenters. The Kier molecular flexibility index (Phi) is 4.79. The van der Waals surface area contributed by atoms with Gasteiger partial charge in [-0.05, 0) is 42.0 Å². The first kappa shape index (κ1) is 17.2. The summed E-state index contributed by atoms with van der Waals surface area (Å²) < 4.78 is 14.2. The van der Waals surface area contributed by atoms with Gasteiger partial charge in [0.2, 0.25) is 5.95 Å². The maximum Gasteiger partial charge on any atom is 0.223 e. The fourth-order valence-corrected chi connectivity index (χ4v) is 3.28. The first-order valence-electron chi connectivity index (χ1n) is 9.02. The molecule has 1 N–H and O–H groups in total. The molecule has 3 nitrogen and oxygen atoms in total. The average molecular weight is 357 g/mol. The smallest absolute Gasteiger partial charge is 0.223 e. The molecule has 0 saturated heterocycles. The summed E-state index contributed by atoms with van der Waals surface area (Å²) >= 11 is 0. The topological polar surface area (TPSA) is 37.8 Å². The molecule has 0 spiro atoms. The van der Waals surface area contributed by atoms with Crippen LogP contribution in [0.2, 0.25) is 0 Å². The number of hydrogen-bond donors (Lipinski definition) is 1. The third-order valence-corrected chi connectivity index (χ3v) is 4.66. The van der Waals surface area contributed by atoms with Crippen LogP contribution >= 0.6 is 0 Å². The van der Waals surface area contributed by atoms with Crippen molar-refractivity contribution >= 4 is 16.7 Å². The van der Waals surface area contributed by atoms with Crippen molar-refractivity contribution in [2.24, 2.45) is 0 Å². The van der Waals surface area contributed by atoms with Crippen LogP contribution in [-0.4, -0.2) is 17.0 Å². The van der Waals surface area contributed by atoms with Crippen LogP contribution in [0.1, 0.15) is 11.3 Å². The molecule has 1 heterocycles. The zero-order chi connectivity index (χ0) is 18.6. The average Bonchev–Trinajstić information content (AvgIpc) is 2.73. The Morgan fingerprint density at radius 1 is 0.815 bits per heavy atom. The van der Waals surface area contributed by atoms with Gasteiger partial charge in [-0.25, -0.2) is 14.4 Å². The van der Waals surface area contributed by atoms with Crippen molar-refractivity contribution in [3.63, 3.8) is 0 Å². The van der Waals surface area contributed by atoms with E-state index in [1.165, 1.54) is 11.6 Å². The van der Waals surface area contributed by atoms with Gasteiger partial charge < -0.3 is 5.32 Å². The molecule has 0 aliphatic heterocycles. The van der Waals surface area contributed by atoms with E-state index in [1.54, 1.807) is 12.1 Å². The number of fused-ring (bicyclic) bond motifs is 1. The Labute approximate surface area is 157 Å². The molecule has 0 fully saturated rings. The zero-order valence-corrected chi connectivity index (χ0v) is 15.1. The largest absolute Gasteiger partial charge is 0.357 e. The van der Waals surface area contributed by atoms with E-state index in [-0.39, 0.29) is 5.82 Å². The lowest BCUT2D eigenvalue weighted by Gasteiger charge is -2.11. The maximum absolute atomic E-state index is 14.2. The molecule has 134 valence electrons. The minimum atomic E-state index is -0.221. The van der Waals surface area contributed by atoms with Crippen LogP contribution in [0.5, 0.6) is 0 Å². The number of nitrogens with zero attached hydrogens (tertiary/aromatic N) is 2. The summed E-state index contributed by atoms with van der Waals surface area (Å²) in [5.74, 6) is 0.352. The van der Waals surface area contributed by atoms with E-state index >= 15 is 0 Å². The summed E-state index contributed by atoms with van der Waals surface area (Å²) in [6.45, 7) is 0. The predicted molar refractivity (Wildman–Crippen MR) is 108 cm³/mol. The Morgan fingerprint density at radius 3 is 2.33 bits per heavy atom. The molecule has 4 aromatic rings. The summed E-state index contributed by atoms with van der Waals surface area (Å²) in [4.78, 5) is 9.21. The van der Waals surface area contributed by atoms with Gasteiger partial charge >= 0.3 is 0 Å². The Morgan fingerprint density at radius 2 is 1.56 bits per heavy atom. The number of halogens is 1. The molecule has 0 radical (unpaired) electrons. The number of aryl methyl sites for hydroxylation is 2.